The van der Waals surface area contributed by atoms with Crippen molar-refractivity contribution in [2.24, 2.45) is 0 Å². The van der Waals surface area contributed by atoms with Crippen LogP contribution < -0.4 is 5.32 Å². The van der Waals surface area contributed by atoms with Gasteiger partial charge in [-0.05, 0) is 24.8 Å². The molecular formula is C17H26N2O2. The number of benzene rings is 1. The first kappa shape index (κ1) is 16.0. The molecule has 4 heteroatoms. The molecule has 1 heterocycles. The predicted molar refractivity (Wildman–Crippen MR) is 84.1 cm³/mol. The number of hydrogen-bond acceptors (Lipinski definition) is 3. The molecule has 0 spiro atoms. The predicted octanol–water partition coefficient (Wildman–Crippen LogP) is 1.58. The first-order chi connectivity index (χ1) is 10.3. The molecule has 4 nitrogen and oxygen atoms in total. The van der Waals surface area contributed by atoms with Crippen molar-refractivity contribution in [1.82, 2.24) is 10.2 Å². The lowest BCUT2D eigenvalue weighted by molar-refractivity contribution is -0.130. The molecular weight excluding hydrogens is 264 g/mol. The van der Waals surface area contributed by atoms with Crippen molar-refractivity contribution < 1.29 is 9.90 Å². The van der Waals surface area contributed by atoms with Gasteiger partial charge >= 0.3 is 0 Å². The van der Waals surface area contributed by atoms with Gasteiger partial charge in [0.1, 0.15) is 0 Å². The number of aliphatic hydroxyl groups excluding tert-OH is 1. The van der Waals surface area contributed by atoms with Crippen molar-refractivity contribution in [3.8, 4) is 0 Å². The molecule has 1 aromatic carbocycles. The molecule has 0 radical (unpaired) electrons. The Morgan fingerprint density at radius 1 is 1.14 bits per heavy atom. The fraction of sp³-hybridized carbons (Fsp3) is 0.588. The van der Waals surface area contributed by atoms with Gasteiger partial charge in [-0.3, -0.25) is 4.79 Å². The summed E-state index contributed by atoms with van der Waals surface area (Å²) in [6.07, 6.45) is 5.41. The van der Waals surface area contributed by atoms with Crippen molar-refractivity contribution in [3.05, 3.63) is 35.9 Å². The molecule has 0 aromatic heterocycles. The van der Waals surface area contributed by atoms with Gasteiger partial charge < -0.3 is 15.3 Å². The number of carbonyl (C=O) groups excluding carboxylic acids is 1. The van der Waals surface area contributed by atoms with E-state index in [2.05, 4.69) is 5.32 Å². The topological polar surface area (TPSA) is 52.6 Å². The third-order valence-corrected chi connectivity index (χ3v) is 4.05. The van der Waals surface area contributed by atoms with E-state index in [9.17, 15) is 9.90 Å². The van der Waals surface area contributed by atoms with E-state index in [-0.39, 0.29) is 18.6 Å². The normalized spacial score (nSPS) is 17.3. The highest BCUT2D eigenvalue weighted by molar-refractivity contribution is 5.78. The van der Waals surface area contributed by atoms with Crippen molar-refractivity contribution >= 4 is 5.91 Å². The Labute approximate surface area is 127 Å². The van der Waals surface area contributed by atoms with Gasteiger partial charge in [0.05, 0.1) is 13.2 Å². The van der Waals surface area contributed by atoms with Gasteiger partial charge in [0.2, 0.25) is 5.91 Å². The first-order valence-corrected chi connectivity index (χ1v) is 7.95. The third kappa shape index (κ3) is 5.48. The van der Waals surface area contributed by atoms with Crippen LogP contribution in [0.15, 0.2) is 30.3 Å². The third-order valence-electron chi connectivity index (χ3n) is 4.05. The Morgan fingerprint density at radius 3 is 2.43 bits per heavy atom. The molecule has 0 bridgehead atoms. The van der Waals surface area contributed by atoms with E-state index >= 15 is 0 Å². The molecule has 1 fully saturated rings. The second-order valence-corrected chi connectivity index (χ2v) is 5.75. The highest BCUT2D eigenvalue weighted by atomic mass is 16.3. The van der Waals surface area contributed by atoms with Gasteiger partial charge in [-0.15, -0.1) is 0 Å². The summed E-state index contributed by atoms with van der Waals surface area (Å²) in [6, 6.07) is 9.98. The number of rotatable bonds is 6. The summed E-state index contributed by atoms with van der Waals surface area (Å²) < 4.78 is 0. The van der Waals surface area contributed by atoms with Crippen LogP contribution in [0, 0.1) is 0 Å². The summed E-state index contributed by atoms with van der Waals surface area (Å²) in [5.41, 5.74) is 1.17. The monoisotopic (exact) mass is 290 g/mol. The summed E-state index contributed by atoms with van der Waals surface area (Å²) in [5.74, 6) is 0.156. The highest BCUT2D eigenvalue weighted by Gasteiger charge is 2.17. The molecule has 116 valence electrons. The van der Waals surface area contributed by atoms with E-state index in [1.54, 1.807) is 0 Å². The van der Waals surface area contributed by atoms with Gasteiger partial charge in [-0.1, -0.05) is 43.2 Å². The largest absolute Gasteiger partial charge is 0.395 e. The lowest BCUT2D eigenvalue weighted by atomic mass is 10.1. The molecule has 2 rings (SSSR count). The average molecular weight is 290 g/mol. The number of hydrogen-bond donors (Lipinski definition) is 2. The SMILES string of the molecule is O=C(CNC(CO)Cc1ccccc1)N1CCCCCC1. The van der Waals surface area contributed by atoms with Gasteiger partial charge in [-0.25, -0.2) is 0 Å². The fourth-order valence-electron chi connectivity index (χ4n) is 2.76. The fourth-order valence-corrected chi connectivity index (χ4v) is 2.76. The van der Waals surface area contributed by atoms with Crippen LogP contribution in [0.5, 0.6) is 0 Å². The number of likely N-dealkylation sites (tertiary alicyclic amines) is 1. The van der Waals surface area contributed by atoms with E-state index in [0.717, 1.165) is 32.4 Å². The van der Waals surface area contributed by atoms with Crippen LogP contribution in [-0.4, -0.2) is 48.2 Å². The van der Waals surface area contributed by atoms with Crippen LogP contribution in [0.1, 0.15) is 31.2 Å². The lowest BCUT2D eigenvalue weighted by Crippen LogP contribution is -2.44. The number of amides is 1. The maximum absolute atomic E-state index is 12.2. The van der Waals surface area contributed by atoms with E-state index in [1.807, 2.05) is 35.2 Å². The van der Waals surface area contributed by atoms with Gasteiger partial charge in [0.25, 0.3) is 0 Å². The van der Waals surface area contributed by atoms with Crippen molar-refractivity contribution in [1.29, 1.82) is 0 Å². The van der Waals surface area contributed by atoms with Gasteiger partial charge in [0, 0.05) is 19.1 Å². The molecule has 0 saturated carbocycles. The standard InChI is InChI=1S/C17H26N2O2/c20-14-16(12-15-8-4-3-5-9-15)18-13-17(21)19-10-6-1-2-7-11-19/h3-5,8-9,16,18,20H,1-2,6-7,10-14H2. The lowest BCUT2D eigenvalue weighted by Gasteiger charge is -2.22. The summed E-state index contributed by atoms with van der Waals surface area (Å²) >= 11 is 0. The summed E-state index contributed by atoms with van der Waals surface area (Å²) in [4.78, 5) is 14.2. The Kier molecular flexibility index (Phi) is 6.70. The number of aliphatic hydroxyl groups is 1. The zero-order valence-electron chi connectivity index (χ0n) is 12.6. The van der Waals surface area contributed by atoms with Crippen LogP contribution in [0.4, 0.5) is 0 Å². The average Bonchev–Trinajstić information content (AvgIpc) is 2.81. The molecule has 2 N–H and O–H groups in total. The zero-order valence-corrected chi connectivity index (χ0v) is 12.6. The Balaban J connectivity index is 1.78. The Hall–Kier alpha value is -1.39. The van der Waals surface area contributed by atoms with Crippen molar-refractivity contribution in [2.75, 3.05) is 26.2 Å². The smallest absolute Gasteiger partial charge is 0.236 e. The van der Waals surface area contributed by atoms with Crippen LogP contribution >= 0.6 is 0 Å². The molecule has 1 saturated heterocycles. The van der Waals surface area contributed by atoms with Gasteiger partial charge in [-0.2, -0.15) is 0 Å². The van der Waals surface area contributed by atoms with Crippen LogP contribution in [0.25, 0.3) is 0 Å². The maximum Gasteiger partial charge on any atom is 0.236 e. The summed E-state index contributed by atoms with van der Waals surface area (Å²) in [6.45, 7) is 2.12. The van der Waals surface area contributed by atoms with Gasteiger partial charge in [0.15, 0.2) is 0 Å². The Morgan fingerprint density at radius 2 is 1.81 bits per heavy atom. The van der Waals surface area contributed by atoms with E-state index in [1.165, 1.54) is 18.4 Å². The quantitative estimate of drug-likeness (QED) is 0.836. The minimum Gasteiger partial charge on any atom is -0.395 e. The van der Waals surface area contributed by atoms with Crippen LogP contribution in [0.2, 0.25) is 0 Å². The van der Waals surface area contributed by atoms with Crippen LogP contribution in [0.3, 0.4) is 0 Å². The second kappa shape index (κ2) is 8.80. The van der Waals surface area contributed by atoms with Crippen LogP contribution in [-0.2, 0) is 11.2 Å². The number of carbonyl (C=O) groups is 1. The molecule has 1 atom stereocenters. The highest BCUT2D eigenvalue weighted by Crippen LogP contribution is 2.09. The van der Waals surface area contributed by atoms with E-state index in [4.69, 9.17) is 0 Å². The minimum absolute atomic E-state index is 0.0438. The summed E-state index contributed by atoms with van der Waals surface area (Å²) in [7, 11) is 0. The van der Waals surface area contributed by atoms with E-state index in [0.29, 0.717) is 6.54 Å². The van der Waals surface area contributed by atoms with Crippen molar-refractivity contribution in [2.45, 2.75) is 38.1 Å². The number of nitrogens with zero attached hydrogens (tertiary/aromatic N) is 1. The molecule has 21 heavy (non-hydrogen) atoms. The minimum atomic E-state index is -0.0664. The first-order valence-electron chi connectivity index (χ1n) is 7.95. The molecule has 1 amide bonds. The second-order valence-electron chi connectivity index (χ2n) is 5.75. The molecule has 0 aliphatic carbocycles. The maximum atomic E-state index is 12.2. The zero-order chi connectivity index (χ0) is 14.9. The van der Waals surface area contributed by atoms with E-state index < -0.39 is 0 Å². The van der Waals surface area contributed by atoms with Crippen molar-refractivity contribution in [3.63, 3.8) is 0 Å². The Bertz CT molecular complexity index is 414. The molecule has 1 unspecified atom stereocenters. The summed E-state index contributed by atoms with van der Waals surface area (Å²) in [5, 5.41) is 12.7. The molecule has 1 aliphatic rings. The molecule has 1 aromatic rings. The molecule has 1 aliphatic heterocycles. The number of nitrogens with one attached hydrogen (secondary N) is 1.